The van der Waals surface area contributed by atoms with Gasteiger partial charge in [0.25, 0.3) is 0 Å². The number of aliphatic imine (C=N–C) groups is 1. The van der Waals surface area contributed by atoms with Gasteiger partial charge in [-0.05, 0) is 51.4 Å². The Balaban J connectivity index is 0.00000338. The maximum atomic E-state index is 5.31. The summed E-state index contributed by atoms with van der Waals surface area (Å²) in [7, 11) is 3.62. The van der Waals surface area contributed by atoms with Crippen LogP contribution in [0.1, 0.15) is 55.5 Å². The Labute approximate surface area is 174 Å². The van der Waals surface area contributed by atoms with Crippen molar-refractivity contribution in [3.8, 4) is 0 Å². The van der Waals surface area contributed by atoms with Crippen molar-refractivity contribution >= 4 is 29.9 Å². The van der Waals surface area contributed by atoms with Crippen LogP contribution in [0.15, 0.2) is 9.52 Å². The molecule has 2 N–H and O–H groups in total. The van der Waals surface area contributed by atoms with E-state index in [0.717, 1.165) is 56.4 Å². The van der Waals surface area contributed by atoms with E-state index in [1.807, 2.05) is 20.9 Å². The van der Waals surface area contributed by atoms with Crippen LogP contribution in [0.2, 0.25) is 0 Å². The maximum absolute atomic E-state index is 5.31. The highest BCUT2D eigenvalue weighted by atomic mass is 127. The molecule has 150 valence electrons. The second kappa shape index (κ2) is 11.8. The molecule has 0 bridgehead atoms. The van der Waals surface area contributed by atoms with Crippen LogP contribution in [0.5, 0.6) is 0 Å². The molecule has 1 aromatic heterocycles. The monoisotopic (exact) mass is 478 g/mol. The molecule has 0 atom stereocenters. The minimum Gasteiger partial charge on any atom is -0.385 e. The van der Waals surface area contributed by atoms with Crippen molar-refractivity contribution in [2.75, 3.05) is 33.9 Å². The van der Waals surface area contributed by atoms with Gasteiger partial charge >= 0.3 is 0 Å². The summed E-state index contributed by atoms with van der Waals surface area (Å²) in [6, 6.07) is 0. The van der Waals surface area contributed by atoms with Crippen molar-refractivity contribution in [1.82, 2.24) is 15.8 Å². The number of ether oxygens (including phenoxy) is 1. The molecule has 0 amide bonds. The van der Waals surface area contributed by atoms with Gasteiger partial charge in [-0.25, -0.2) is 0 Å². The molecule has 26 heavy (non-hydrogen) atoms. The topological polar surface area (TPSA) is 71.7 Å². The molecule has 1 heterocycles. The van der Waals surface area contributed by atoms with Gasteiger partial charge in [-0.1, -0.05) is 18.0 Å². The lowest BCUT2D eigenvalue weighted by atomic mass is 9.83. The van der Waals surface area contributed by atoms with Crippen LogP contribution >= 0.6 is 24.0 Å². The molecule has 0 spiro atoms. The first kappa shape index (κ1) is 23.2. The summed E-state index contributed by atoms with van der Waals surface area (Å²) >= 11 is 0. The summed E-state index contributed by atoms with van der Waals surface area (Å²) in [4.78, 5) is 4.36. The number of halogens is 1. The number of aromatic nitrogens is 1. The van der Waals surface area contributed by atoms with Gasteiger partial charge in [-0.15, -0.1) is 24.0 Å². The van der Waals surface area contributed by atoms with E-state index in [1.54, 1.807) is 7.11 Å². The van der Waals surface area contributed by atoms with Crippen LogP contribution in [0.4, 0.5) is 0 Å². The van der Waals surface area contributed by atoms with Gasteiger partial charge in [0.05, 0.1) is 5.69 Å². The Bertz CT molecular complexity index is 534. The molecule has 7 heteroatoms. The fourth-order valence-corrected chi connectivity index (χ4v) is 3.78. The normalized spacial score (nSPS) is 16.4. The van der Waals surface area contributed by atoms with E-state index in [1.165, 1.54) is 31.2 Å². The summed E-state index contributed by atoms with van der Waals surface area (Å²) in [6.07, 6.45) is 8.35. The molecule has 2 rings (SSSR count). The Kier molecular flexibility index (Phi) is 10.5. The second-order valence-corrected chi connectivity index (χ2v) is 7.21. The number of nitrogens with zero attached hydrogens (tertiary/aromatic N) is 2. The third-order valence-corrected chi connectivity index (χ3v) is 5.43. The van der Waals surface area contributed by atoms with Gasteiger partial charge in [0.2, 0.25) is 0 Å². The number of aryl methyl sites for hydroxylation is 2. The van der Waals surface area contributed by atoms with E-state index in [9.17, 15) is 0 Å². The molecule has 1 aliphatic carbocycles. The Morgan fingerprint density at radius 1 is 1.27 bits per heavy atom. The van der Waals surface area contributed by atoms with Crippen LogP contribution in [0.3, 0.4) is 0 Å². The Morgan fingerprint density at radius 3 is 2.58 bits per heavy atom. The highest BCUT2D eigenvalue weighted by Gasteiger charge is 2.33. The van der Waals surface area contributed by atoms with E-state index in [4.69, 9.17) is 9.26 Å². The zero-order chi connectivity index (χ0) is 18.1. The molecule has 0 radical (unpaired) electrons. The van der Waals surface area contributed by atoms with Gasteiger partial charge in [0.15, 0.2) is 5.96 Å². The SMILES string of the molecule is CN=C(NCCCc1c(C)noc1C)NCC1(CCOC)CCCC1.I. The molecular weight excluding hydrogens is 443 g/mol. The maximum Gasteiger partial charge on any atom is 0.190 e. The quantitative estimate of drug-likeness (QED) is 0.246. The molecule has 0 saturated heterocycles. The van der Waals surface area contributed by atoms with Crippen LogP contribution in [-0.4, -0.2) is 45.0 Å². The molecule has 1 saturated carbocycles. The summed E-state index contributed by atoms with van der Waals surface area (Å²) in [5.74, 6) is 1.82. The van der Waals surface area contributed by atoms with Gasteiger partial charge in [0.1, 0.15) is 5.76 Å². The van der Waals surface area contributed by atoms with Crippen molar-refractivity contribution in [3.05, 3.63) is 17.0 Å². The number of methoxy groups -OCH3 is 1. The third kappa shape index (κ3) is 6.72. The van der Waals surface area contributed by atoms with Crippen LogP contribution < -0.4 is 10.6 Å². The molecule has 1 aliphatic rings. The van der Waals surface area contributed by atoms with Crippen molar-refractivity contribution in [2.45, 2.75) is 58.8 Å². The van der Waals surface area contributed by atoms with Crippen molar-refractivity contribution in [1.29, 1.82) is 0 Å². The predicted molar refractivity (Wildman–Crippen MR) is 116 cm³/mol. The molecule has 1 fully saturated rings. The summed E-state index contributed by atoms with van der Waals surface area (Å²) in [5.41, 5.74) is 2.60. The zero-order valence-corrected chi connectivity index (χ0v) is 19.0. The average molecular weight is 478 g/mol. The fraction of sp³-hybridized carbons (Fsp3) is 0.789. The van der Waals surface area contributed by atoms with E-state index in [-0.39, 0.29) is 24.0 Å². The molecule has 6 nitrogen and oxygen atoms in total. The van der Waals surface area contributed by atoms with Gasteiger partial charge in [-0.2, -0.15) is 0 Å². The number of hydrogen-bond acceptors (Lipinski definition) is 4. The lowest BCUT2D eigenvalue weighted by Gasteiger charge is -2.30. The highest BCUT2D eigenvalue weighted by Crippen LogP contribution is 2.40. The lowest BCUT2D eigenvalue weighted by Crippen LogP contribution is -2.43. The van der Waals surface area contributed by atoms with E-state index in [0.29, 0.717) is 5.41 Å². The molecule has 0 unspecified atom stereocenters. The van der Waals surface area contributed by atoms with Crippen LogP contribution in [0.25, 0.3) is 0 Å². The van der Waals surface area contributed by atoms with Crippen molar-refractivity contribution in [2.24, 2.45) is 10.4 Å². The molecule has 0 aromatic carbocycles. The Morgan fingerprint density at radius 2 is 2.00 bits per heavy atom. The zero-order valence-electron chi connectivity index (χ0n) is 16.7. The molecule has 0 aliphatic heterocycles. The van der Waals surface area contributed by atoms with Gasteiger partial charge in [-0.3, -0.25) is 4.99 Å². The summed E-state index contributed by atoms with van der Waals surface area (Å²) < 4.78 is 10.5. The minimum atomic E-state index is 0. The minimum absolute atomic E-state index is 0. The smallest absolute Gasteiger partial charge is 0.190 e. The number of hydrogen-bond donors (Lipinski definition) is 2. The van der Waals surface area contributed by atoms with Crippen LogP contribution in [-0.2, 0) is 11.2 Å². The predicted octanol–water partition coefficient (Wildman–Crippen LogP) is 3.60. The van der Waals surface area contributed by atoms with Gasteiger partial charge < -0.3 is 19.9 Å². The number of rotatable bonds is 9. The second-order valence-electron chi connectivity index (χ2n) is 7.21. The fourth-order valence-electron chi connectivity index (χ4n) is 3.78. The highest BCUT2D eigenvalue weighted by molar-refractivity contribution is 14.0. The van der Waals surface area contributed by atoms with E-state index >= 15 is 0 Å². The molecule has 1 aromatic rings. The van der Waals surface area contributed by atoms with Crippen molar-refractivity contribution < 1.29 is 9.26 Å². The first-order valence-electron chi connectivity index (χ1n) is 9.45. The standard InChI is InChI=1S/C19H34N4O2.HI/c1-15-17(16(2)25-23-15)8-7-12-21-18(20-3)22-14-19(11-13-24-4)9-5-6-10-19;/h5-14H2,1-4H3,(H2,20,21,22);1H. The lowest BCUT2D eigenvalue weighted by molar-refractivity contribution is 0.138. The largest absolute Gasteiger partial charge is 0.385 e. The Hall–Kier alpha value is -0.830. The van der Waals surface area contributed by atoms with Crippen molar-refractivity contribution in [3.63, 3.8) is 0 Å². The number of guanidine groups is 1. The summed E-state index contributed by atoms with van der Waals surface area (Å²) in [5, 5.41) is 11.0. The van der Waals surface area contributed by atoms with E-state index in [2.05, 4.69) is 20.8 Å². The first-order chi connectivity index (χ1) is 12.1. The molecular formula is C19H35IN4O2. The van der Waals surface area contributed by atoms with E-state index < -0.39 is 0 Å². The number of nitrogens with one attached hydrogen (secondary N) is 2. The third-order valence-electron chi connectivity index (χ3n) is 5.43. The van der Waals surface area contributed by atoms with Crippen LogP contribution in [0, 0.1) is 19.3 Å². The van der Waals surface area contributed by atoms with Gasteiger partial charge in [0, 0.05) is 39.4 Å². The summed E-state index contributed by atoms with van der Waals surface area (Å²) in [6.45, 7) is 6.67. The first-order valence-corrected chi connectivity index (χ1v) is 9.45. The average Bonchev–Trinajstić information content (AvgIpc) is 3.21.